The topological polar surface area (TPSA) is 95.7 Å². The molecule has 3 rings (SSSR count). The van der Waals surface area contributed by atoms with E-state index in [1.807, 2.05) is 30.3 Å². The van der Waals surface area contributed by atoms with Crippen molar-refractivity contribution in [3.05, 3.63) is 52.8 Å². The van der Waals surface area contributed by atoms with Gasteiger partial charge in [-0.2, -0.15) is 5.10 Å². The van der Waals surface area contributed by atoms with E-state index in [0.29, 0.717) is 24.2 Å². The molecule has 7 nitrogen and oxygen atoms in total. The van der Waals surface area contributed by atoms with Gasteiger partial charge in [-0.1, -0.05) is 30.3 Å². The molecule has 0 spiro atoms. The maximum absolute atomic E-state index is 11.4. The predicted molar refractivity (Wildman–Crippen MR) is 81.1 cm³/mol. The Morgan fingerprint density at radius 2 is 1.91 bits per heavy atom. The van der Waals surface area contributed by atoms with Gasteiger partial charge in [0.2, 0.25) is 0 Å². The second-order valence-corrected chi connectivity index (χ2v) is 5.58. The Morgan fingerprint density at radius 1 is 1.17 bits per heavy atom. The fraction of sp³-hybridized carbons (Fsp3) is 0.312. The van der Waals surface area contributed by atoms with E-state index < -0.39 is 11.9 Å². The van der Waals surface area contributed by atoms with Crippen LogP contribution < -0.4 is 0 Å². The lowest BCUT2D eigenvalue weighted by Crippen LogP contribution is -2.31. The normalized spacial score (nSPS) is 14.4. The van der Waals surface area contributed by atoms with E-state index in [0.717, 1.165) is 18.7 Å². The molecule has 0 bridgehead atoms. The fourth-order valence-corrected chi connectivity index (χ4v) is 2.95. The molecule has 7 heteroatoms. The van der Waals surface area contributed by atoms with E-state index in [1.165, 1.54) is 4.68 Å². The van der Waals surface area contributed by atoms with Crippen molar-refractivity contribution in [3.63, 3.8) is 0 Å². The standard InChI is InChI=1S/C16H17N3O4/c20-14(21)10-19-13-6-7-18(8-11-4-2-1-3-5-11)9-12(13)15(17-19)16(22)23/h1-5H,6-10H2,(H,20,21)(H,22,23). The van der Waals surface area contributed by atoms with Crippen molar-refractivity contribution in [1.82, 2.24) is 14.7 Å². The van der Waals surface area contributed by atoms with Crippen LogP contribution in [-0.2, 0) is 30.8 Å². The van der Waals surface area contributed by atoms with E-state index >= 15 is 0 Å². The molecule has 0 amide bonds. The maximum Gasteiger partial charge on any atom is 0.356 e. The van der Waals surface area contributed by atoms with Crippen molar-refractivity contribution in [2.45, 2.75) is 26.1 Å². The van der Waals surface area contributed by atoms with Gasteiger partial charge in [-0.3, -0.25) is 14.4 Å². The first kappa shape index (κ1) is 15.2. The Hall–Kier alpha value is -2.67. The molecule has 0 atom stereocenters. The van der Waals surface area contributed by atoms with Gasteiger partial charge in [-0.15, -0.1) is 0 Å². The molecule has 0 saturated heterocycles. The van der Waals surface area contributed by atoms with Crippen molar-refractivity contribution < 1.29 is 19.8 Å². The molecule has 23 heavy (non-hydrogen) atoms. The molecule has 1 aliphatic rings. The minimum Gasteiger partial charge on any atom is -0.480 e. The fourth-order valence-electron chi connectivity index (χ4n) is 2.95. The molecular weight excluding hydrogens is 298 g/mol. The number of carboxylic acid groups (broad SMARTS) is 2. The van der Waals surface area contributed by atoms with Gasteiger partial charge >= 0.3 is 11.9 Å². The highest BCUT2D eigenvalue weighted by molar-refractivity contribution is 5.87. The zero-order chi connectivity index (χ0) is 16.4. The van der Waals surface area contributed by atoms with E-state index in [4.69, 9.17) is 5.11 Å². The Morgan fingerprint density at radius 3 is 2.57 bits per heavy atom. The van der Waals surface area contributed by atoms with E-state index in [2.05, 4.69) is 10.00 Å². The van der Waals surface area contributed by atoms with Crippen LogP contribution in [0.4, 0.5) is 0 Å². The molecule has 0 radical (unpaired) electrons. The Balaban J connectivity index is 1.85. The van der Waals surface area contributed by atoms with Gasteiger partial charge in [0.15, 0.2) is 5.69 Å². The van der Waals surface area contributed by atoms with Crippen molar-refractivity contribution in [2.24, 2.45) is 0 Å². The van der Waals surface area contributed by atoms with Crippen LogP contribution in [0.15, 0.2) is 30.3 Å². The van der Waals surface area contributed by atoms with Crippen molar-refractivity contribution in [1.29, 1.82) is 0 Å². The number of nitrogens with zero attached hydrogens (tertiary/aromatic N) is 3. The summed E-state index contributed by atoms with van der Waals surface area (Å²) < 4.78 is 1.31. The molecule has 2 N–H and O–H groups in total. The monoisotopic (exact) mass is 315 g/mol. The third-order valence-corrected chi connectivity index (χ3v) is 3.95. The average molecular weight is 315 g/mol. The van der Waals surface area contributed by atoms with Gasteiger partial charge in [0, 0.05) is 37.3 Å². The number of hydrogen-bond donors (Lipinski definition) is 2. The summed E-state index contributed by atoms with van der Waals surface area (Å²) in [5, 5.41) is 22.2. The van der Waals surface area contributed by atoms with Crippen molar-refractivity contribution in [3.8, 4) is 0 Å². The second kappa shape index (κ2) is 6.21. The summed E-state index contributed by atoms with van der Waals surface area (Å²) >= 11 is 0. The average Bonchev–Trinajstić information content (AvgIpc) is 2.86. The summed E-state index contributed by atoms with van der Waals surface area (Å²) in [6.07, 6.45) is 0.593. The zero-order valence-electron chi connectivity index (χ0n) is 12.5. The predicted octanol–water partition coefficient (Wildman–Crippen LogP) is 1.22. The molecule has 0 aliphatic carbocycles. The lowest BCUT2D eigenvalue weighted by Gasteiger charge is -2.27. The number of aromatic nitrogens is 2. The molecule has 2 aromatic rings. The molecule has 1 aromatic carbocycles. The first-order chi connectivity index (χ1) is 11.0. The lowest BCUT2D eigenvalue weighted by atomic mass is 10.0. The second-order valence-electron chi connectivity index (χ2n) is 5.58. The van der Waals surface area contributed by atoms with Crippen LogP contribution >= 0.6 is 0 Å². The Kier molecular flexibility index (Phi) is 4.12. The minimum atomic E-state index is -1.12. The lowest BCUT2D eigenvalue weighted by molar-refractivity contribution is -0.137. The molecule has 0 saturated carbocycles. The smallest absolute Gasteiger partial charge is 0.356 e. The summed E-state index contributed by atoms with van der Waals surface area (Å²) in [5.74, 6) is -2.15. The van der Waals surface area contributed by atoms with Crippen LogP contribution in [0.3, 0.4) is 0 Å². The van der Waals surface area contributed by atoms with Gasteiger partial charge in [0.05, 0.1) is 0 Å². The maximum atomic E-state index is 11.4. The number of carboxylic acids is 2. The van der Waals surface area contributed by atoms with Gasteiger partial charge in [0.25, 0.3) is 0 Å². The molecule has 120 valence electrons. The SMILES string of the molecule is O=C(O)Cn1nc(C(=O)O)c2c1CCN(Cc1ccccc1)C2. The van der Waals surface area contributed by atoms with Gasteiger partial charge in [-0.05, 0) is 5.56 Å². The summed E-state index contributed by atoms with van der Waals surface area (Å²) in [5.41, 5.74) is 2.46. The molecule has 2 heterocycles. The Bertz CT molecular complexity index is 739. The number of fused-ring (bicyclic) bond motifs is 1. The van der Waals surface area contributed by atoms with Crippen molar-refractivity contribution in [2.75, 3.05) is 6.54 Å². The highest BCUT2D eigenvalue weighted by Crippen LogP contribution is 2.24. The number of aliphatic carboxylic acids is 1. The van der Waals surface area contributed by atoms with Crippen LogP contribution in [0.25, 0.3) is 0 Å². The third-order valence-electron chi connectivity index (χ3n) is 3.95. The van der Waals surface area contributed by atoms with Gasteiger partial charge in [-0.25, -0.2) is 4.79 Å². The van der Waals surface area contributed by atoms with Gasteiger partial charge in [0.1, 0.15) is 6.54 Å². The molecule has 1 aliphatic heterocycles. The van der Waals surface area contributed by atoms with Crippen LogP contribution in [0.1, 0.15) is 27.3 Å². The van der Waals surface area contributed by atoms with E-state index in [9.17, 15) is 14.7 Å². The number of hydrogen-bond acceptors (Lipinski definition) is 4. The first-order valence-electron chi connectivity index (χ1n) is 7.34. The van der Waals surface area contributed by atoms with Crippen LogP contribution in [0.2, 0.25) is 0 Å². The van der Waals surface area contributed by atoms with E-state index in [1.54, 1.807) is 0 Å². The first-order valence-corrected chi connectivity index (χ1v) is 7.34. The molecule has 0 unspecified atom stereocenters. The molecule has 0 fully saturated rings. The van der Waals surface area contributed by atoms with Crippen LogP contribution in [0.5, 0.6) is 0 Å². The molecule has 1 aromatic heterocycles. The van der Waals surface area contributed by atoms with E-state index in [-0.39, 0.29) is 12.2 Å². The largest absolute Gasteiger partial charge is 0.480 e. The summed E-state index contributed by atoms with van der Waals surface area (Å²) in [6.45, 7) is 1.62. The minimum absolute atomic E-state index is 0.0426. The zero-order valence-corrected chi connectivity index (χ0v) is 12.5. The number of benzene rings is 1. The summed E-state index contributed by atoms with van der Waals surface area (Å²) in [7, 11) is 0. The quantitative estimate of drug-likeness (QED) is 0.861. The number of rotatable bonds is 5. The number of carbonyl (C=O) groups is 2. The third kappa shape index (κ3) is 3.24. The highest BCUT2D eigenvalue weighted by Gasteiger charge is 2.28. The number of aromatic carboxylic acids is 1. The van der Waals surface area contributed by atoms with Crippen LogP contribution in [-0.4, -0.2) is 43.4 Å². The molecular formula is C16H17N3O4. The summed E-state index contributed by atoms with van der Waals surface area (Å²) in [6, 6.07) is 9.95. The van der Waals surface area contributed by atoms with Crippen molar-refractivity contribution >= 4 is 11.9 Å². The van der Waals surface area contributed by atoms with Crippen LogP contribution in [0, 0.1) is 0 Å². The van der Waals surface area contributed by atoms with Gasteiger partial charge < -0.3 is 10.2 Å². The summed E-state index contributed by atoms with van der Waals surface area (Å²) in [4.78, 5) is 24.5. The Labute approximate surface area is 132 Å². The highest BCUT2D eigenvalue weighted by atomic mass is 16.4.